The number of nitrogens with zero attached hydrogens (tertiary/aromatic N) is 1. The van der Waals surface area contributed by atoms with Crippen LogP contribution >= 0.6 is 24.0 Å². The molecule has 1 N–H and O–H groups in total. The Kier molecular flexibility index (Phi) is 6.73. The van der Waals surface area contributed by atoms with E-state index in [4.69, 9.17) is 21.7 Å². The van der Waals surface area contributed by atoms with Crippen LogP contribution < -0.4 is 14.8 Å². The Balaban J connectivity index is 1.56. The monoisotopic (exact) mass is 410 g/mol. The number of benzene rings is 2. The molecule has 0 fully saturated rings. The third-order valence-corrected chi connectivity index (χ3v) is 5.07. The van der Waals surface area contributed by atoms with E-state index in [0.717, 1.165) is 17.2 Å². The first-order valence-corrected chi connectivity index (χ1v) is 9.83. The van der Waals surface area contributed by atoms with Crippen molar-refractivity contribution in [2.24, 2.45) is 0 Å². The van der Waals surface area contributed by atoms with Crippen LogP contribution in [0.4, 0.5) is 14.5 Å². The number of thioether (sulfide) groups is 1. The molecule has 3 rings (SSSR count). The lowest BCUT2D eigenvalue weighted by Crippen LogP contribution is -2.45. The standard InChI is InChI=1S/C19H20F2N2O2S2/c1-2-23(11-14-12-24-16-5-3-4-6-17(16)25-14)19(26)22-13-7-9-15(10-8-13)27-18(20)21/h3-10,14,18H,2,11-12H2,1H3,(H,22,26)/t14-/m1/s1. The van der Waals surface area contributed by atoms with E-state index in [1.165, 1.54) is 0 Å². The van der Waals surface area contributed by atoms with E-state index in [1.807, 2.05) is 36.1 Å². The van der Waals surface area contributed by atoms with Gasteiger partial charge in [0, 0.05) is 17.1 Å². The van der Waals surface area contributed by atoms with Gasteiger partial charge < -0.3 is 19.7 Å². The second kappa shape index (κ2) is 9.23. The maximum Gasteiger partial charge on any atom is 0.288 e. The zero-order valence-corrected chi connectivity index (χ0v) is 16.4. The highest BCUT2D eigenvalue weighted by atomic mass is 32.2. The average molecular weight is 411 g/mol. The number of hydrogen-bond acceptors (Lipinski definition) is 4. The topological polar surface area (TPSA) is 33.7 Å². The van der Waals surface area contributed by atoms with Crippen LogP contribution in [0.25, 0.3) is 0 Å². The van der Waals surface area contributed by atoms with Crippen LogP contribution in [0.2, 0.25) is 0 Å². The van der Waals surface area contributed by atoms with Crippen molar-refractivity contribution < 1.29 is 18.3 Å². The van der Waals surface area contributed by atoms with E-state index < -0.39 is 5.76 Å². The molecule has 0 unspecified atom stereocenters. The van der Waals surface area contributed by atoms with Crippen molar-refractivity contribution in [2.75, 3.05) is 25.0 Å². The van der Waals surface area contributed by atoms with Gasteiger partial charge >= 0.3 is 0 Å². The van der Waals surface area contributed by atoms with Crippen LogP contribution in [0.15, 0.2) is 53.4 Å². The van der Waals surface area contributed by atoms with Gasteiger partial charge in [-0.1, -0.05) is 23.9 Å². The van der Waals surface area contributed by atoms with Crippen molar-refractivity contribution in [1.82, 2.24) is 4.90 Å². The van der Waals surface area contributed by atoms with Crippen LogP contribution in [-0.2, 0) is 0 Å². The first-order valence-electron chi connectivity index (χ1n) is 8.54. The van der Waals surface area contributed by atoms with Crippen LogP contribution in [0, 0.1) is 0 Å². The van der Waals surface area contributed by atoms with E-state index in [9.17, 15) is 8.78 Å². The summed E-state index contributed by atoms with van der Waals surface area (Å²) in [6.45, 7) is 3.74. The number of alkyl halides is 2. The van der Waals surface area contributed by atoms with E-state index in [2.05, 4.69) is 5.32 Å². The Morgan fingerprint density at radius 3 is 2.59 bits per heavy atom. The number of halogens is 2. The first-order chi connectivity index (χ1) is 13.0. The number of thiocarbonyl (C=S) groups is 1. The number of nitrogens with one attached hydrogen (secondary N) is 1. The third-order valence-electron chi connectivity index (χ3n) is 3.99. The van der Waals surface area contributed by atoms with Gasteiger partial charge in [0.25, 0.3) is 5.76 Å². The number of fused-ring (bicyclic) bond motifs is 1. The predicted octanol–water partition coefficient (Wildman–Crippen LogP) is 4.86. The van der Waals surface area contributed by atoms with Crippen molar-refractivity contribution in [3.63, 3.8) is 0 Å². The summed E-state index contributed by atoms with van der Waals surface area (Å²) in [6, 6.07) is 14.3. The third kappa shape index (κ3) is 5.46. The summed E-state index contributed by atoms with van der Waals surface area (Å²) in [5.74, 6) is -0.946. The van der Waals surface area contributed by atoms with Gasteiger partial charge in [-0.15, -0.1) is 0 Å². The van der Waals surface area contributed by atoms with Crippen molar-refractivity contribution >= 4 is 34.8 Å². The molecule has 2 aromatic carbocycles. The minimum absolute atomic E-state index is 0.135. The molecule has 1 aliphatic heterocycles. The maximum absolute atomic E-state index is 12.4. The molecule has 0 radical (unpaired) electrons. The molecule has 144 valence electrons. The summed E-state index contributed by atoms with van der Waals surface area (Å²) in [6.07, 6.45) is -0.135. The fourth-order valence-electron chi connectivity index (χ4n) is 2.68. The molecular formula is C19H20F2N2O2S2. The van der Waals surface area contributed by atoms with Gasteiger partial charge in [-0.3, -0.25) is 0 Å². The Labute approximate surface area is 166 Å². The van der Waals surface area contributed by atoms with Crippen LogP contribution in [-0.4, -0.2) is 41.6 Å². The van der Waals surface area contributed by atoms with Crippen LogP contribution in [0.5, 0.6) is 11.5 Å². The molecule has 0 aliphatic carbocycles. The van der Waals surface area contributed by atoms with Gasteiger partial charge in [0.2, 0.25) is 0 Å². The van der Waals surface area contributed by atoms with Gasteiger partial charge in [-0.25, -0.2) is 0 Å². The normalized spacial score (nSPS) is 15.5. The molecule has 0 aromatic heterocycles. The lowest BCUT2D eigenvalue weighted by Gasteiger charge is -2.32. The Morgan fingerprint density at radius 1 is 1.22 bits per heavy atom. The minimum Gasteiger partial charge on any atom is -0.486 e. The molecule has 0 saturated carbocycles. The zero-order chi connectivity index (χ0) is 19.2. The second-order valence-electron chi connectivity index (χ2n) is 5.87. The molecule has 1 heterocycles. The zero-order valence-electron chi connectivity index (χ0n) is 14.7. The maximum atomic E-state index is 12.4. The van der Waals surface area contributed by atoms with Gasteiger partial charge in [-0.2, -0.15) is 8.78 Å². The molecule has 1 aliphatic rings. The summed E-state index contributed by atoms with van der Waals surface area (Å²) in [4.78, 5) is 2.50. The molecule has 27 heavy (non-hydrogen) atoms. The lowest BCUT2D eigenvalue weighted by atomic mass is 10.2. The first kappa shape index (κ1) is 19.7. The summed E-state index contributed by atoms with van der Waals surface area (Å²) >= 11 is 6.02. The highest BCUT2D eigenvalue weighted by Gasteiger charge is 2.23. The summed E-state index contributed by atoms with van der Waals surface area (Å²) < 4.78 is 36.5. The Hall–Kier alpha value is -2.06. The van der Waals surface area contributed by atoms with Crippen LogP contribution in [0.1, 0.15) is 6.92 Å². The van der Waals surface area contributed by atoms with Crippen molar-refractivity contribution in [2.45, 2.75) is 23.7 Å². The number of ether oxygens (including phenoxy) is 2. The van der Waals surface area contributed by atoms with E-state index in [0.29, 0.717) is 41.5 Å². The van der Waals surface area contributed by atoms with Gasteiger partial charge in [-0.05, 0) is 55.5 Å². The highest BCUT2D eigenvalue weighted by molar-refractivity contribution is 7.99. The molecule has 2 aromatic rings. The van der Waals surface area contributed by atoms with E-state index in [-0.39, 0.29) is 6.10 Å². The molecule has 1 atom stereocenters. The second-order valence-corrected chi connectivity index (χ2v) is 7.32. The SMILES string of the molecule is CCN(C[C@@H]1COc2ccccc2O1)C(=S)Nc1ccc(SC(F)F)cc1. The van der Waals surface area contributed by atoms with Crippen molar-refractivity contribution in [3.05, 3.63) is 48.5 Å². The molecule has 8 heteroatoms. The summed E-state index contributed by atoms with van der Waals surface area (Å²) in [5, 5.41) is 3.70. The van der Waals surface area contributed by atoms with Crippen molar-refractivity contribution in [3.8, 4) is 11.5 Å². The number of hydrogen-bond donors (Lipinski definition) is 1. The average Bonchev–Trinajstić information content (AvgIpc) is 2.67. The van der Waals surface area contributed by atoms with Gasteiger partial charge in [0.1, 0.15) is 6.61 Å². The predicted molar refractivity (Wildman–Crippen MR) is 108 cm³/mol. The fourth-order valence-corrected chi connectivity index (χ4v) is 3.50. The molecule has 4 nitrogen and oxygen atoms in total. The molecule has 0 amide bonds. The molecule has 0 saturated heterocycles. The van der Waals surface area contributed by atoms with Gasteiger partial charge in [0.05, 0.1) is 6.54 Å². The number of para-hydroxylation sites is 2. The molecule has 0 bridgehead atoms. The smallest absolute Gasteiger partial charge is 0.288 e. The lowest BCUT2D eigenvalue weighted by molar-refractivity contribution is 0.0754. The number of anilines is 1. The van der Waals surface area contributed by atoms with Crippen molar-refractivity contribution in [1.29, 1.82) is 0 Å². The number of rotatable bonds is 6. The highest BCUT2D eigenvalue weighted by Crippen LogP contribution is 2.31. The van der Waals surface area contributed by atoms with E-state index in [1.54, 1.807) is 24.3 Å². The summed E-state index contributed by atoms with van der Waals surface area (Å²) in [5.41, 5.74) is 0.753. The minimum atomic E-state index is -2.43. The summed E-state index contributed by atoms with van der Waals surface area (Å²) in [7, 11) is 0. The Bertz CT molecular complexity index is 775. The fraction of sp³-hybridized carbons (Fsp3) is 0.316. The quantitative estimate of drug-likeness (QED) is 0.541. The molecular weight excluding hydrogens is 390 g/mol. The van der Waals surface area contributed by atoms with Gasteiger partial charge in [0.15, 0.2) is 22.7 Å². The largest absolute Gasteiger partial charge is 0.486 e. The Morgan fingerprint density at radius 2 is 1.93 bits per heavy atom. The molecule has 0 spiro atoms. The van der Waals surface area contributed by atoms with Crippen LogP contribution in [0.3, 0.4) is 0 Å². The number of likely N-dealkylation sites (N-methyl/N-ethyl adjacent to an activating group) is 1. The van der Waals surface area contributed by atoms with E-state index >= 15 is 0 Å².